The molecule has 0 aliphatic carbocycles. The molecule has 0 bridgehead atoms. The number of hydrogen-bond acceptors (Lipinski definition) is 7. The normalized spacial score (nSPS) is 17.8. The zero-order chi connectivity index (χ0) is 26.8. The molecule has 0 spiro atoms. The lowest BCUT2D eigenvalue weighted by Crippen LogP contribution is -2.32. The molecule has 4 heterocycles. The summed E-state index contributed by atoms with van der Waals surface area (Å²) in [5.41, 5.74) is 1.63. The number of aliphatic hydroxyl groups is 1. The van der Waals surface area contributed by atoms with Crippen LogP contribution in [0.25, 0.3) is 22.3 Å². The van der Waals surface area contributed by atoms with Gasteiger partial charge in [0, 0.05) is 27.1 Å². The highest BCUT2D eigenvalue weighted by atomic mass is 35.5. The monoisotopic (exact) mass is 530 g/mol. The minimum Gasteiger partial charge on any atom is -0.497 e. The van der Waals surface area contributed by atoms with Crippen LogP contribution in [0.1, 0.15) is 52.4 Å². The van der Waals surface area contributed by atoms with Gasteiger partial charge in [-0.1, -0.05) is 18.5 Å². The molecule has 2 aliphatic rings. The van der Waals surface area contributed by atoms with Crippen LogP contribution in [0.3, 0.4) is 0 Å². The van der Waals surface area contributed by atoms with E-state index in [1.165, 1.54) is 4.57 Å². The fourth-order valence-corrected chi connectivity index (χ4v) is 5.51. The van der Waals surface area contributed by atoms with Crippen LogP contribution in [-0.4, -0.2) is 33.5 Å². The molecule has 0 amide bonds. The molecule has 2 aromatic heterocycles. The summed E-state index contributed by atoms with van der Waals surface area (Å²) >= 11 is 6.06. The van der Waals surface area contributed by atoms with E-state index in [2.05, 4.69) is 0 Å². The van der Waals surface area contributed by atoms with Crippen LogP contribution >= 0.6 is 11.6 Å². The molecule has 0 radical (unpaired) electrons. The van der Waals surface area contributed by atoms with Gasteiger partial charge in [0.2, 0.25) is 0 Å². The maximum Gasteiger partial charge on any atom is 0.309 e. The van der Waals surface area contributed by atoms with E-state index >= 15 is 0 Å². The van der Waals surface area contributed by atoms with Crippen LogP contribution in [0.4, 0.5) is 0 Å². The molecule has 9 heteroatoms. The largest absolute Gasteiger partial charge is 0.497 e. The number of cyclic esters (lactones) is 1. The van der Waals surface area contributed by atoms with Crippen molar-refractivity contribution in [2.24, 2.45) is 0 Å². The van der Waals surface area contributed by atoms with Crippen molar-refractivity contribution in [3.8, 4) is 17.1 Å². The topological polar surface area (TPSA) is 108 Å². The van der Waals surface area contributed by atoms with Crippen molar-refractivity contribution in [3.05, 3.63) is 91.7 Å². The van der Waals surface area contributed by atoms with Crippen molar-refractivity contribution in [3.63, 3.8) is 0 Å². The zero-order valence-corrected chi connectivity index (χ0v) is 21.5. The van der Waals surface area contributed by atoms with E-state index in [4.69, 9.17) is 26.1 Å². The molecular weight excluding hydrogens is 508 g/mol. The number of pyridine rings is 2. The molecule has 192 valence electrons. The Bertz CT molecular complexity index is 1730. The van der Waals surface area contributed by atoms with Crippen molar-refractivity contribution >= 4 is 34.3 Å². The van der Waals surface area contributed by atoms with Gasteiger partial charge in [-0.25, -0.2) is 4.98 Å². The first-order valence-electron chi connectivity index (χ1n) is 12.2. The summed E-state index contributed by atoms with van der Waals surface area (Å²) < 4.78 is 12.2. The van der Waals surface area contributed by atoms with Crippen molar-refractivity contribution in [2.75, 3.05) is 7.11 Å². The Kier molecular flexibility index (Phi) is 5.63. The number of aromatic nitrogens is 2. The number of ether oxygens (including phenoxy) is 2. The van der Waals surface area contributed by atoms with Gasteiger partial charge in [-0.2, -0.15) is 0 Å². The Balaban J connectivity index is 1.64. The highest BCUT2D eigenvalue weighted by Crippen LogP contribution is 2.41. The van der Waals surface area contributed by atoms with Crippen molar-refractivity contribution in [1.82, 2.24) is 9.55 Å². The average molecular weight is 531 g/mol. The van der Waals surface area contributed by atoms with Gasteiger partial charge in [0.25, 0.3) is 5.56 Å². The third-order valence-electron chi connectivity index (χ3n) is 7.49. The van der Waals surface area contributed by atoms with E-state index in [0.29, 0.717) is 55.3 Å². The van der Waals surface area contributed by atoms with Gasteiger partial charge >= 0.3 is 5.97 Å². The van der Waals surface area contributed by atoms with E-state index in [0.717, 1.165) is 0 Å². The van der Waals surface area contributed by atoms with E-state index in [-0.39, 0.29) is 42.9 Å². The second-order valence-electron chi connectivity index (χ2n) is 9.57. The summed E-state index contributed by atoms with van der Waals surface area (Å²) in [6, 6.07) is 13.6. The maximum absolute atomic E-state index is 14.0. The highest BCUT2D eigenvalue weighted by molar-refractivity contribution is 6.30. The number of benzene rings is 2. The Morgan fingerprint density at radius 3 is 2.63 bits per heavy atom. The van der Waals surface area contributed by atoms with Gasteiger partial charge in [-0.05, 0) is 60.5 Å². The van der Waals surface area contributed by atoms with E-state index in [1.54, 1.807) is 62.6 Å². The first-order chi connectivity index (χ1) is 18.2. The van der Waals surface area contributed by atoms with Gasteiger partial charge in [-0.3, -0.25) is 14.4 Å². The van der Waals surface area contributed by atoms with E-state index in [1.807, 2.05) is 0 Å². The predicted molar refractivity (Wildman–Crippen MR) is 141 cm³/mol. The lowest BCUT2D eigenvalue weighted by Gasteiger charge is -2.26. The van der Waals surface area contributed by atoms with Crippen molar-refractivity contribution in [2.45, 2.75) is 38.5 Å². The molecule has 1 N–H and O–H groups in total. The van der Waals surface area contributed by atoms with Crippen molar-refractivity contribution in [1.29, 1.82) is 0 Å². The van der Waals surface area contributed by atoms with Gasteiger partial charge in [0.1, 0.15) is 18.0 Å². The second kappa shape index (κ2) is 8.79. The standard InChI is InChI=1S/C29H23ClN2O6/c1-3-29(36)12-24(33)38-14-20-21(29)11-23-26-19(13-32(23)28(20)35)25(27(34)15-4-6-16(30)7-5-15)18-10-17(37-2)8-9-22(18)31-26/h4-11,36H,3,12-14H2,1-2H3. The predicted octanol–water partition coefficient (Wildman–Crippen LogP) is 4.36. The molecule has 8 nitrogen and oxygen atoms in total. The third-order valence-corrected chi connectivity index (χ3v) is 7.74. The van der Waals surface area contributed by atoms with Gasteiger partial charge in [0.05, 0.1) is 42.5 Å². The summed E-state index contributed by atoms with van der Waals surface area (Å²) in [5.74, 6) is -0.233. The molecule has 38 heavy (non-hydrogen) atoms. The molecule has 0 saturated carbocycles. The first-order valence-corrected chi connectivity index (χ1v) is 12.6. The number of nitrogens with zero attached hydrogens (tertiary/aromatic N) is 2. The Morgan fingerprint density at radius 2 is 1.92 bits per heavy atom. The number of methoxy groups -OCH3 is 1. The summed E-state index contributed by atoms with van der Waals surface area (Å²) in [6.07, 6.45) is -0.0341. The molecule has 6 rings (SSSR count). The quantitative estimate of drug-likeness (QED) is 0.271. The minimum atomic E-state index is -1.55. The Hall–Kier alpha value is -4.01. The molecule has 2 aliphatic heterocycles. The summed E-state index contributed by atoms with van der Waals surface area (Å²) in [6.45, 7) is 1.63. The van der Waals surface area contributed by atoms with Gasteiger partial charge < -0.3 is 19.1 Å². The third kappa shape index (κ3) is 3.63. The van der Waals surface area contributed by atoms with Gasteiger partial charge in [-0.15, -0.1) is 0 Å². The summed E-state index contributed by atoms with van der Waals surface area (Å²) in [7, 11) is 1.55. The number of halogens is 1. The van der Waals surface area contributed by atoms with E-state index < -0.39 is 11.6 Å². The second-order valence-corrected chi connectivity index (χ2v) is 10.0. The Morgan fingerprint density at radius 1 is 1.16 bits per heavy atom. The van der Waals surface area contributed by atoms with Crippen LogP contribution < -0.4 is 10.3 Å². The number of carbonyl (C=O) groups is 2. The highest BCUT2D eigenvalue weighted by Gasteiger charge is 2.40. The van der Waals surface area contributed by atoms with Crippen LogP contribution in [0.5, 0.6) is 5.75 Å². The number of hydrogen-bond donors (Lipinski definition) is 1. The lowest BCUT2D eigenvalue weighted by molar-refractivity contribution is -0.149. The maximum atomic E-state index is 14.0. The molecule has 1 unspecified atom stereocenters. The number of rotatable bonds is 4. The zero-order valence-electron chi connectivity index (χ0n) is 20.7. The Labute approximate surface area is 222 Å². The molecule has 0 fully saturated rings. The van der Waals surface area contributed by atoms with Crippen LogP contribution in [0.15, 0.2) is 53.3 Å². The van der Waals surface area contributed by atoms with Crippen molar-refractivity contribution < 1.29 is 24.2 Å². The fourth-order valence-electron chi connectivity index (χ4n) is 5.39. The number of carbonyl (C=O) groups excluding carboxylic acids is 2. The molecule has 4 aromatic rings. The molecule has 1 atom stereocenters. The first kappa shape index (κ1) is 24.3. The van der Waals surface area contributed by atoms with Crippen LogP contribution in [0, 0.1) is 0 Å². The minimum absolute atomic E-state index is 0.101. The fraction of sp³-hybridized carbons (Fsp3) is 0.241. The van der Waals surface area contributed by atoms with Crippen LogP contribution in [0.2, 0.25) is 5.02 Å². The average Bonchev–Trinajstić information content (AvgIpc) is 3.22. The van der Waals surface area contributed by atoms with Gasteiger partial charge in [0.15, 0.2) is 5.78 Å². The van der Waals surface area contributed by atoms with E-state index in [9.17, 15) is 19.5 Å². The molecule has 0 saturated heterocycles. The SMILES string of the molecule is CCC1(O)CC(=O)OCc2c1cc1n(c2=O)Cc2c-1nc1ccc(OC)cc1c2C(=O)c1ccc(Cl)cc1. The molecular formula is C29H23ClN2O6. The number of ketones is 1. The molecule has 2 aromatic carbocycles. The lowest BCUT2D eigenvalue weighted by atomic mass is 9.85. The summed E-state index contributed by atoms with van der Waals surface area (Å²) in [4.78, 5) is 44.8. The number of fused-ring (bicyclic) bond motifs is 5. The smallest absolute Gasteiger partial charge is 0.309 e. The number of esters is 1. The van der Waals surface area contributed by atoms with Crippen LogP contribution in [-0.2, 0) is 28.3 Å². The summed E-state index contributed by atoms with van der Waals surface area (Å²) in [5, 5.41) is 12.5.